The fourth-order valence-electron chi connectivity index (χ4n) is 4.52. The summed E-state index contributed by atoms with van der Waals surface area (Å²) in [4.78, 5) is 30.1. The van der Waals surface area contributed by atoms with Gasteiger partial charge in [-0.1, -0.05) is 18.2 Å². The van der Waals surface area contributed by atoms with E-state index >= 15 is 0 Å². The van der Waals surface area contributed by atoms with E-state index in [1.165, 1.54) is 11.1 Å². The lowest BCUT2D eigenvalue weighted by Gasteiger charge is -2.23. The Hall–Kier alpha value is -2.86. The third-order valence-corrected chi connectivity index (χ3v) is 6.45. The van der Waals surface area contributed by atoms with Crippen LogP contribution in [0.5, 0.6) is 0 Å². The van der Waals surface area contributed by atoms with E-state index in [4.69, 9.17) is 5.11 Å². The highest BCUT2D eigenvalue weighted by atomic mass is 16.4. The van der Waals surface area contributed by atoms with Crippen molar-refractivity contribution in [3.8, 4) is 0 Å². The van der Waals surface area contributed by atoms with E-state index in [0.717, 1.165) is 42.9 Å². The number of hydrogen-bond donors (Lipinski definition) is 1. The molecule has 1 N–H and O–H groups in total. The molecule has 0 spiro atoms. The molecule has 0 unspecified atom stereocenters. The van der Waals surface area contributed by atoms with Gasteiger partial charge in [0.05, 0.1) is 0 Å². The number of carboxylic acids is 1. The predicted octanol–water partition coefficient (Wildman–Crippen LogP) is 3.96. The van der Waals surface area contributed by atoms with Crippen LogP contribution in [-0.4, -0.2) is 54.2 Å². The fourth-order valence-corrected chi connectivity index (χ4v) is 4.52. The van der Waals surface area contributed by atoms with Crippen molar-refractivity contribution < 1.29 is 14.7 Å². The number of benzene rings is 2. The minimum absolute atomic E-state index is 0.00401. The van der Waals surface area contributed by atoms with Crippen molar-refractivity contribution in [1.82, 2.24) is 4.90 Å². The van der Waals surface area contributed by atoms with E-state index in [9.17, 15) is 9.59 Å². The van der Waals surface area contributed by atoms with E-state index in [1.807, 2.05) is 29.2 Å². The maximum atomic E-state index is 13.1. The molecule has 6 heteroatoms. The number of amides is 2. The number of urea groups is 1. The summed E-state index contributed by atoms with van der Waals surface area (Å²) in [7, 11) is 0. The molecule has 0 atom stereocenters. The largest absolute Gasteiger partial charge is 0.481 e. The minimum Gasteiger partial charge on any atom is -0.481 e. The van der Waals surface area contributed by atoms with Gasteiger partial charge in [0.1, 0.15) is 0 Å². The summed E-state index contributed by atoms with van der Waals surface area (Å²) in [5, 5.41) is 8.84. The van der Waals surface area contributed by atoms with Crippen molar-refractivity contribution in [2.75, 3.05) is 36.0 Å². The Bertz CT molecular complexity index is 955. The molecule has 2 aromatic rings. The van der Waals surface area contributed by atoms with Crippen LogP contribution >= 0.6 is 0 Å². The first-order valence-electron chi connectivity index (χ1n) is 11.2. The summed E-state index contributed by atoms with van der Waals surface area (Å²) in [6.07, 6.45) is 2.69. The Labute approximate surface area is 184 Å². The monoisotopic (exact) mass is 421 g/mol. The number of carbonyl (C=O) groups excluding carboxylic acids is 1. The van der Waals surface area contributed by atoms with Crippen LogP contribution in [0.15, 0.2) is 42.5 Å². The zero-order valence-corrected chi connectivity index (χ0v) is 18.4. The number of carboxylic acid groups (broad SMARTS) is 1. The molecule has 4 rings (SSSR count). The highest BCUT2D eigenvalue weighted by Gasteiger charge is 2.31. The number of rotatable bonds is 6. The van der Waals surface area contributed by atoms with Crippen molar-refractivity contribution in [1.29, 1.82) is 0 Å². The zero-order chi connectivity index (χ0) is 22.0. The van der Waals surface area contributed by atoms with E-state index in [1.54, 1.807) is 4.90 Å². The number of aryl methyl sites for hydroxylation is 1. The minimum atomic E-state index is -0.799. The first-order chi connectivity index (χ1) is 14.9. The Kier molecular flexibility index (Phi) is 6.28. The average molecular weight is 422 g/mol. The average Bonchev–Trinajstić information content (AvgIpc) is 3.00. The van der Waals surface area contributed by atoms with E-state index in [2.05, 4.69) is 36.9 Å². The van der Waals surface area contributed by atoms with Crippen LogP contribution in [0.2, 0.25) is 0 Å². The summed E-state index contributed by atoms with van der Waals surface area (Å²) in [5.74, 6) is -0.799. The van der Waals surface area contributed by atoms with Gasteiger partial charge >= 0.3 is 12.0 Å². The van der Waals surface area contributed by atoms with Gasteiger partial charge in [0, 0.05) is 50.0 Å². The fraction of sp³-hybridized carbons (Fsp3) is 0.440. The van der Waals surface area contributed by atoms with Crippen molar-refractivity contribution in [2.24, 2.45) is 0 Å². The van der Waals surface area contributed by atoms with Crippen molar-refractivity contribution in [3.05, 3.63) is 59.2 Å². The van der Waals surface area contributed by atoms with Gasteiger partial charge in [0.15, 0.2) is 0 Å². The molecule has 2 aliphatic rings. The Morgan fingerprint density at radius 1 is 0.903 bits per heavy atom. The normalized spacial score (nSPS) is 17.2. The quantitative estimate of drug-likeness (QED) is 0.767. The molecule has 2 amide bonds. The molecule has 2 aliphatic heterocycles. The molecule has 0 bridgehead atoms. The molecule has 2 heterocycles. The van der Waals surface area contributed by atoms with Crippen LogP contribution in [0, 0.1) is 0 Å². The van der Waals surface area contributed by atoms with Gasteiger partial charge < -0.3 is 10.0 Å². The van der Waals surface area contributed by atoms with Gasteiger partial charge in [-0.2, -0.15) is 0 Å². The lowest BCUT2D eigenvalue weighted by Crippen LogP contribution is -2.33. The smallest absolute Gasteiger partial charge is 0.329 e. The first kappa shape index (κ1) is 21.4. The maximum absolute atomic E-state index is 13.1. The summed E-state index contributed by atoms with van der Waals surface area (Å²) in [5.41, 5.74) is 5.55. The molecule has 0 saturated carbocycles. The second kappa shape index (κ2) is 9.10. The standard InChI is InChI=1S/C25H31N3O3/c1-18(2)26-13-11-20-6-9-23(17-21(20)12-14-26)28-16-15-27(25(28)31)22-7-3-19(4-8-22)5-10-24(29)30/h3-4,6-9,17-18H,5,10-16H2,1-2H3,(H,29,30). The molecule has 0 aliphatic carbocycles. The molecule has 31 heavy (non-hydrogen) atoms. The van der Waals surface area contributed by atoms with Gasteiger partial charge in [-0.3, -0.25) is 14.6 Å². The summed E-state index contributed by atoms with van der Waals surface area (Å²) in [6, 6.07) is 14.7. The third kappa shape index (κ3) is 4.74. The molecule has 0 aromatic heterocycles. The summed E-state index contributed by atoms with van der Waals surface area (Å²) < 4.78 is 0. The second-order valence-electron chi connectivity index (χ2n) is 8.73. The van der Waals surface area contributed by atoms with Crippen LogP contribution in [0.3, 0.4) is 0 Å². The highest BCUT2D eigenvalue weighted by Crippen LogP contribution is 2.28. The van der Waals surface area contributed by atoms with Crippen LogP contribution in [0.1, 0.15) is 37.0 Å². The molecule has 1 saturated heterocycles. The van der Waals surface area contributed by atoms with E-state index in [0.29, 0.717) is 25.6 Å². The number of anilines is 2. The van der Waals surface area contributed by atoms with Crippen LogP contribution in [-0.2, 0) is 24.1 Å². The van der Waals surface area contributed by atoms with E-state index < -0.39 is 5.97 Å². The summed E-state index contributed by atoms with van der Waals surface area (Å²) in [6.45, 7) is 7.95. The van der Waals surface area contributed by atoms with Gasteiger partial charge in [0.2, 0.25) is 0 Å². The Morgan fingerprint density at radius 2 is 1.52 bits per heavy atom. The van der Waals surface area contributed by atoms with Crippen LogP contribution in [0.25, 0.3) is 0 Å². The lowest BCUT2D eigenvalue weighted by molar-refractivity contribution is -0.136. The number of nitrogens with zero attached hydrogens (tertiary/aromatic N) is 3. The molecule has 164 valence electrons. The number of carbonyl (C=O) groups is 2. The van der Waals surface area contributed by atoms with Crippen LogP contribution in [0.4, 0.5) is 16.2 Å². The lowest BCUT2D eigenvalue weighted by atomic mass is 10.0. The Balaban J connectivity index is 1.45. The highest BCUT2D eigenvalue weighted by molar-refractivity contribution is 6.06. The predicted molar refractivity (Wildman–Crippen MR) is 123 cm³/mol. The number of aliphatic carboxylic acids is 1. The van der Waals surface area contributed by atoms with Crippen molar-refractivity contribution in [2.45, 2.75) is 45.6 Å². The zero-order valence-electron chi connectivity index (χ0n) is 18.4. The van der Waals surface area contributed by atoms with Gasteiger partial charge in [-0.25, -0.2) is 4.79 Å². The molecule has 0 radical (unpaired) electrons. The van der Waals surface area contributed by atoms with Gasteiger partial charge in [-0.15, -0.1) is 0 Å². The first-order valence-corrected chi connectivity index (χ1v) is 11.2. The molecular weight excluding hydrogens is 390 g/mol. The van der Waals surface area contributed by atoms with Crippen LogP contribution < -0.4 is 9.80 Å². The van der Waals surface area contributed by atoms with Crippen molar-refractivity contribution >= 4 is 23.4 Å². The third-order valence-electron chi connectivity index (χ3n) is 6.45. The maximum Gasteiger partial charge on any atom is 0.329 e. The Morgan fingerprint density at radius 3 is 2.16 bits per heavy atom. The van der Waals surface area contributed by atoms with E-state index in [-0.39, 0.29) is 12.5 Å². The number of fused-ring (bicyclic) bond motifs is 1. The SMILES string of the molecule is CC(C)N1CCc2ccc(N3CCN(c4ccc(CCC(=O)O)cc4)C3=O)cc2CC1. The molecule has 2 aromatic carbocycles. The molecule has 1 fully saturated rings. The van der Waals surface area contributed by atoms with Gasteiger partial charge in [-0.05, 0) is 74.1 Å². The van der Waals surface area contributed by atoms with Gasteiger partial charge in [0.25, 0.3) is 0 Å². The topological polar surface area (TPSA) is 64.1 Å². The second-order valence-corrected chi connectivity index (χ2v) is 8.73. The molecular formula is C25H31N3O3. The molecule has 6 nitrogen and oxygen atoms in total. The summed E-state index contributed by atoms with van der Waals surface area (Å²) >= 11 is 0. The number of hydrogen-bond acceptors (Lipinski definition) is 3. The van der Waals surface area contributed by atoms with Crippen molar-refractivity contribution in [3.63, 3.8) is 0 Å².